The number of ether oxygens (including phenoxy) is 1. The van der Waals surface area contributed by atoms with Crippen LogP contribution < -0.4 is 9.64 Å². The van der Waals surface area contributed by atoms with Crippen molar-refractivity contribution in [3.63, 3.8) is 0 Å². The van der Waals surface area contributed by atoms with Gasteiger partial charge < -0.3 is 14.7 Å². The predicted octanol–water partition coefficient (Wildman–Crippen LogP) is 3.74. The van der Waals surface area contributed by atoms with Gasteiger partial charge in [-0.15, -0.1) is 0 Å². The van der Waals surface area contributed by atoms with Gasteiger partial charge in [0.25, 0.3) is 0 Å². The normalized spacial score (nSPS) is 18.0. The van der Waals surface area contributed by atoms with Gasteiger partial charge >= 0.3 is 6.18 Å². The lowest BCUT2D eigenvalue weighted by atomic mass is 9.93. The van der Waals surface area contributed by atoms with E-state index in [1.54, 1.807) is 20.1 Å². The molecule has 1 heterocycles. The molecule has 7 heteroatoms. The molecule has 1 aliphatic heterocycles. The molecule has 2 aromatic rings. The smallest absolute Gasteiger partial charge is 0.416 e. The zero-order valence-electron chi connectivity index (χ0n) is 16.0. The molecule has 0 spiro atoms. The summed E-state index contributed by atoms with van der Waals surface area (Å²) in [6.07, 6.45) is -4.42. The highest BCUT2D eigenvalue weighted by Crippen LogP contribution is 2.32. The molecule has 2 aromatic carbocycles. The Bertz CT molecular complexity index is 783. The second-order valence-electron chi connectivity index (χ2n) is 7.31. The molecule has 1 N–H and O–H groups in total. The van der Waals surface area contributed by atoms with Gasteiger partial charge in [0, 0.05) is 38.4 Å². The number of methoxy groups -OCH3 is 1. The molecule has 0 amide bonds. The fourth-order valence-corrected chi connectivity index (χ4v) is 3.51. The van der Waals surface area contributed by atoms with Crippen LogP contribution in [0.25, 0.3) is 0 Å². The molecule has 28 heavy (non-hydrogen) atoms. The van der Waals surface area contributed by atoms with Crippen molar-refractivity contribution in [2.24, 2.45) is 0 Å². The molecular weight excluding hydrogens is 369 g/mol. The topological polar surface area (TPSA) is 35.9 Å². The van der Waals surface area contributed by atoms with E-state index in [-0.39, 0.29) is 12.1 Å². The number of hydrogen-bond acceptors (Lipinski definition) is 4. The van der Waals surface area contributed by atoms with E-state index in [1.165, 1.54) is 6.07 Å². The summed E-state index contributed by atoms with van der Waals surface area (Å²) in [5.41, 5.74) is -0.719. The molecule has 1 unspecified atom stereocenters. The van der Waals surface area contributed by atoms with E-state index in [0.29, 0.717) is 0 Å². The van der Waals surface area contributed by atoms with Gasteiger partial charge in [0.1, 0.15) is 5.75 Å². The van der Waals surface area contributed by atoms with Crippen LogP contribution in [0, 0.1) is 0 Å². The van der Waals surface area contributed by atoms with Crippen LogP contribution in [0.1, 0.15) is 18.1 Å². The standard InChI is InChI=1S/C21H25F3N2O2/c1-20(27,16-4-3-5-17(14-16)21(22,23)24)15-25-10-12-26(13-11-25)18-6-8-19(28-2)9-7-18/h3-9,14,27H,10-13,15H2,1-2H3. The largest absolute Gasteiger partial charge is 0.497 e. The number of alkyl halides is 3. The number of rotatable bonds is 5. The van der Waals surface area contributed by atoms with Crippen molar-refractivity contribution in [2.45, 2.75) is 18.7 Å². The number of piperazine rings is 1. The molecule has 4 nitrogen and oxygen atoms in total. The summed E-state index contributed by atoms with van der Waals surface area (Å²) < 4.78 is 44.1. The maximum Gasteiger partial charge on any atom is 0.416 e. The lowest BCUT2D eigenvalue weighted by Gasteiger charge is -2.39. The first-order valence-electron chi connectivity index (χ1n) is 9.20. The number of anilines is 1. The predicted molar refractivity (Wildman–Crippen MR) is 103 cm³/mol. The van der Waals surface area contributed by atoms with Gasteiger partial charge in [0.2, 0.25) is 0 Å². The second-order valence-corrected chi connectivity index (χ2v) is 7.31. The van der Waals surface area contributed by atoms with Crippen molar-refractivity contribution in [3.8, 4) is 5.75 Å². The maximum atomic E-state index is 13.0. The molecule has 0 bridgehead atoms. The van der Waals surface area contributed by atoms with Crippen molar-refractivity contribution >= 4 is 5.69 Å². The van der Waals surface area contributed by atoms with E-state index in [4.69, 9.17) is 4.74 Å². The summed E-state index contributed by atoms with van der Waals surface area (Å²) in [5.74, 6) is 0.805. The Hall–Kier alpha value is -2.25. The van der Waals surface area contributed by atoms with E-state index in [0.717, 1.165) is 49.7 Å². The van der Waals surface area contributed by atoms with Crippen molar-refractivity contribution in [1.82, 2.24) is 4.90 Å². The van der Waals surface area contributed by atoms with Crippen LogP contribution in [0.5, 0.6) is 5.75 Å². The van der Waals surface area contributed by atoms with E-state index in [2.05, 4.69) is 9.80 Å². The molecule has 0 radical (unpaired) electrons. The number of aliphatic hydroxyl groups is 1. The first kappa shape index (κ1) is 20.5. The van der Waals surface area contributed by atoms with E-state index < -0.39 is 17.3 Å². The number of nitrogens with zero attached hydrogens (tertiary/aromatic N) is 2. The van der Waals surface area contributed by atoms with Crippen molar-refractivity contribution in [1.29, 1.82) is 0 Å². The van der Waals surface area contributed by atoms with Crippen LogP contribution in [0.3, 0.4) is 0 Å². The Morgan fingerprint density at radius 3 is 2.14 bits per heavy atom. The van der Waals surface area contributed by atoms with Gasteiger partial charge in [0.05, 0.1) is 18.3 Å². The third-order valence-corrected chi connectivity index (χ3v) is 5.15. The molecule has 3 rings (SSSR count). The number of halogens is 3. The van der Waals surface area contributed by atoms with Gasteiger partial charge in [-0.3, -0.25) is 4.90 Å². The van der Waals surface area contributed by atoms with Crippen LogP contribution in [0.15, 0.2) is 48.5 Å². The van der Waals surface area contributed by atoms with Crippen molar-refractivity contribution < 1.29 is 23.0 Å². The number of hydrogen-bond donors (Lipinski definition) is 1. The Kier molecular flexibility index (Phi) is 5.86. The molecule has 1 aliphatic rings. The molecule has 1 fully saturated rings. The van der Waals surface area contributed by atoms with E-state index >= 15 is 0 Å². The van der Waals surface area contributed by atoms with Crippen LogP contribution in [-0.2, 0) is 11.8 Å². The lowest BCUT2D eigenvalue weighted by Crippen LogP contribution is -2.50. The summed E-state index contributed by atoms with van der Waals surface area (Å²) in [7, 11) is 1.63. The van der Waals surface area contributed by atoms with Gasteiger partial charge in [-0.1, -0.05) is 12.1 Å². The Morgan fingerprint density at radius 1 is 0.964 bits per heavy atom. The van der Waals surface area contributed by atoms with Crippen molar-refractivity contribution in [3.05, 3.63) is 59.7 Å². The second kappa shape index (κ2) is 8.01. The first-order valence-corrected chi connectivity index (χ1v) is 9.20. The lowest BCUT2D eigenvalue weighted by molar-refractivity contribution is -0.137. The fraction of sp³-hybridized carbons (Fsp3) is 0.429. The van der Waals surface area contributed by atoms with Crippen LogP contribution in [0.4, 0.5) is 18.9 Å². The average molecular weight is 394 g/mol. The number of benzene rings is 2. The highest BCUT2D eigenvalue weighted by molar-refractivity contribution is 5.49. The van der Waals surface area contributed by atoms with Crippen LogP contribution >= 0.6 is 0 Å². The molecule has 152 valence electrons. The highest BCUT2D eigenvalue weighted by Gasteiger charge is 2.34. The zero-order valence-corrected chi connectivity index (χ0v) is 16.0. The third kappa shape index (κ3) is 4.77. The van der Waals surface area contributed by atoms with Gasteiger partial charge in [-0.25, -0.2) is 0 Å². The Balaban J connectivity index is 1.61. The molecule has 0 aromatic heterocycles. The van der Waals surface area contributed by atoms with Gasteiger partial charge in [0.15, 0.2) is 0 Å². The van der Waals surface area contributed by atoms with Gasteiger partial charge in [-0.05, 0) is 48.9 Å². The Labute approximate surface area is 163 Å². The minimum absolute atomic E-state index is 0.278. The minimum Gasteiger partial charge on any atom is -0.497 e. The fourth-order valence-electron chi connectivity index (χ4n) is 3.51. The van der Waals surface area contributed by atoms with Crippen LogP contribution in [0.2, 0.25) is 0 Å². The first-order chi connectivity index (χ1) is 13.2. The zero-order chi connectivity index (χ0) is 20.4. The molecule has 1 atom stereocenters. The summed E-state index contributed by atoms with van der Waals surface area (Å²) in [6, 6.07) is 12.8. The Morgan fingerprint density at radius 2 is 1.57 bits per heavy atom. The van der Waals surface area contributed by atoms with Crippen molar-refractivity contribution in [2.75, 3.05) is 44.7 Å². The summed E-state index contributed by atoms with van der Waals surface area (Å²) >= 11 is 0. The summed E-state index contributed by atoms with van der Waals surface area (Å²) in [6.45, 7) is 4.86. The monoisotopic (exact) mass is 394 g/mol. The molecule has 0 saturated carbocycles. The van der Waals surface area contributed by atoms with E-state index in [1.807, 2.05) is 24.3 Å². The average Bonchev–Trinajstić information content (AvgIpc) is 2.68. The molecular formula is C21H25F3N2O2. The molecule has 1 saturated heterocycles. The summed E-state index contributed by atoms with van der Waals surface area (Å²) in [5, 5.41) is 10.8. The third-order valence-electron chi connectivity index (χ3n) is 5.15. The highest BCUT2D eigenvalue weighted by atomic mass is 19.4. The van der Waals surface area contributed by atoms with Crippen LogP contribution in [-0.4, -0.2) is 49.8 Å². The summed E-state index contributed by atoms with van der Waals surface area (Å²) in [4.78, 5) is 4.33. The minimum atomic E-state index is -4.42. The number of β-amino-alcohol motifs (C(OH)–C–C–N with tert-alkyl or cyclic N) is 1. The maximum absolute atomic E-state index is 13.0. The molecule has 0 aliphatic carbocycles. The SMILES string of the molecule is COc1ccc(N2CCN(CC(C)(O)c3cccc(C(F)(F)F)c3)CC2)cc1. The van der Waals surface area contributed by atoms with E-state index in [9.17, 15) is 18.3 Å². The quantitative estimate of drug-likeness (QED) is 0.838. The van der Waals surface area contributed by atoms with Gasteiger partial charge in [-0.2, -0.15) is 13.2 Å².